The van der Waals surface area contributed by atoms with E-state index in [-0.39, 0.29) is 24.0 Å². The first kappa shape index (κ1) is 18.9. The van der Waals surface area contributed by atoms with E-state index in [4.69, 9.17) is 9.47 Å². The first-order chi connectivity index (χ1) is 13.0. The number of benzene rings is 1. The molecule has 1 fully saturated rings. The lowest BCUT2D eigenvalue weighted by atomic mass is 9.97. The van der Waals surface area contributed by atoms with Crippen LogP contribution in [0, 0.1) is 5.92 Å². The van der Waals surface area contributed by atoms with Crippen LogP contribution in [0.2, 0.25) is 0 Å². The van der Waals surface area contributed by atoms with E-state index in [1.54, 1.807) is 23.1 Å². The molecule has 144 valence electrons. The Kier molecular flexibility index (Phi) is 5.73. The molecular weight excluding hydrogens is 350 g/mol. The number of carbonyl (C=O) groups excluding carboxylic acids is 2. The number of nitrogens with zero attached hydrogens (tertiary/aromatic N) is 3. The van der Waals surface area contributed by atoms with E-state index in [9.17, 15) is 14.4 Å². The lowest BCUT2D eigenvalue weighted by Gasteiger charge is -2.31. The van der Waals surface area contributed by atoms with Gasteiger partial charge in [0.25, 0.3) is 5.56 Å². The fourth-order valence-corrected chi connectivity index (χ4v) is 3.44. The van der Waals surface area contributed by atoms with Gasteiger partial charge in [-0.1, -0.05) is 18.2 Å². The summed E-state index contributed by atoms with van der Waals surface area (Å²) in [5.74, 6) is -0.174. The van der Waals surface area contributed by atoms with Crippen molar-refractivity contribution in [2.75, 3.05) is 27.3 Å². The summed E-state index contributed by atoms with van der Waals surface area (Å²) in [4.78, 5) is 37.8. The quantitative estimate of drug-likeness (QED) is 0.756. The molecule has 8 heteroatoms. The highest BCUT2D eigenvalue weighted by atomic mass is 16.5. The summed E-state index contributed by atoms with van der Waals surface area (Å²) in [5.41, 5.74) is 0.360. The largest absolute Gasteiger partial charge is 0.469 e. The highest BCUT2D eigenvalue weighted by Gasteiger charge is 2.24. The summed E-state index contributed by atoms with van der Waals surface area (Å²) < 4.78 is 10.9. The van der Waals surface area contributed by atoms with E-state index >= 15 is 0 Å². The van der Waals surface area contributed by atoms with Crippen LogP contribution < -0.4 is 5.56 Å². The Hall–Kier alpha value is -2.90. The maximum Gasteiger partial charge on any atom is 0.409 e. The molecule has 0 unspecified atom stereocenters. The molecule has 1 aromatic carbocycles. The van der Waals surface area contributed by atoms with Crippen LogP contribution in [0.25, 0.3) is 10.8 Å². The Bertz CT molecular complexity index is 900. The van der Waals surface area contributed by atoms with Gasteiger partial charge in [0.05, 0.1) is 31.7 Å². The maximum atomic E-state index is 12.8. The van der Waals surface area contributed by atoms with Crippen molar-refractivity contribution in [3.8, 4) is 0 Å². The van der Waals surface area contributed by atoms with Gasteiger partial charge in [-0.3, -0.25) is 9.59 Å². The Morgan fingerprint density at radius 3 is 2.41 bits per heavy atom. The van der Waals surface area contributed by atoms with E-state index in [0.29, 0.717) is 36.1 Å². The molecule has 8 nitrogen and oxygen atoms in total. The molecule has 0 atom stereocenters. The number of aromatic nitrogens is 2. The maximum absolute atomic E-state index is 12.8. The second kappa shape index (κ2) is 8.20. The molecule has 2 heterocycles. The molecule has 0 saturated carbocycles. The first-order valence-corrected chi connectivity index (χ1v) is 8.92. The Labute approximate surface area is 156 Å². The van der Waals surface area contributed by atoms with Gasteiger partial charge in [-0.05, 0) is 24.8 Å². The molecule has 1 amide bonds. The van der Waals surface area contributed by atoms with Gasteiger partial charge >= 0.3 is 12.1 Å². The number of ether oxygens (including phenoxy) is 2. The number of rotatable bonds is 4. The normalized spacial score (nSPS) is 15.0. The number of hydrogen-bond donors (Lipinski definition) is 0. The van der Waals surface area contributed by atoms with Crippen molar-refractivity contribution < 1.29 is 19.1 Å². The summed E-state index contributed by atoms with van der Waals surface area (Å²) in [5, 5.41) is 5.66. The number of carbonyl (C=O) groups is 2. The summed E-state index contributed by atoms with van der Waals surface area (Å²) in [6.07, 6.45) is 1.22. The molecule has 0 N–H and O–H groups in total. The van der Waals surface area contributed by atoms with Crippen LogP contribution in [0.3, 0.4) is 0 Å². The molecule has 1 aromatic heterocycles. The second-order valence-electron chi connectivity index (χ2n) is 6.63. The number of esters is 1. The molecular formula is C19H23N3O5. The Morgan fingerprint density at radius 1 is 1.11 bits per heavy atom. The van der Waals surface area contributed by atoms with E-state index in [0.717, 1.165) is 12.8 Å². The van der Waals surface area contributed by atoms with Gasteiger partial charge in [0.2, 0.25) is 0 Å². The Balaban J connectivity index is 1.84. The minimum Gasteiger partial charge on any atom is -0.469 e. The minimum absolute atomic E-state index is 0.0120. The predicted molar refractivity (Wildman–Crippen MR) is 98.4 cm³/mol. The molecule has 0 bridgehead atoms. The van der Waals surface area contributed by atoms with Crippen LogP contribution in [0.15, 0.2) is 29.1 Å². The van der Waals surface area contributed by atoms with Gasteiger partial charge in [0.1, 0.15) is 0 Å². The molecule has 0 aliphatic carbocycles. The van der Waals surface area contributed by atoms with Gasteiger partial charge in [0, 0.05) is 25.0 Å². The van der Waals surface area contributed by atoms with Crippen molar-refractivity contribution in [3.05, 3.63) is 40.3 Å². The first-order valence-electron chi connectivity index (χ1n) is 8.92. The monoisotopic (exact) mass is 373 g/mol. The second-order valence-corrected chi connectivity index (χ2v) is 6.63. The number of piperidine rings is 1. The van der Waals surface area contributed by atoms with Crippen LogP contribution in [0.5, 0.6) is 0 Å². The zero-order valence-corrected chi connectivity index (χ0v) is 15.5. The molecule has 1 saturated heterocycles. The van der Waals surface area contributed by atoms with Gasteiger partial charge in [-0.25, -0.2) is 9.48 Å². The number of amides is 1. The van der Waals surface area contributed by atoms with Crippen LogP contribution in [-0.2, 0) is 27.2 Å². The van der Waals surface area contributed by atoms with Gasteiger partial charge < -0.3 is 14.4 Å². The lowest BCUT2D eigenvalue weighted by Crippen LogP contribution is -2.40. The number of hydrogen-bond acceptors (Lipinski definition) is 6. The molecule has 2 aromatic rings. The Morgan fingerprint density at radius 2 is 1.78 bits per heavy atom. The van der Waals surface area contributed by atoms with Gasteiger partial charge in [-0.2, -0.15) is 5.10 Å². The molecule has 1 aliphatic heterocycles. The molecule has 0 radical (unpaired) electrons. The van der Waals surface area contributed by atoms with Crippen LogP contribution in [0.1, 0.15) is 18.5 Å². The fourth-order valence-electron chi connectivity index (χ4n) is 3.44. The third kappa shape index (κ3) is 4.10. The highest BCUT2D eigenvalue weighted by Crippen LogP contribution is 2.20. The van der Waals surface area contributed by atoms with Crippen molar-refractivity contribution in [2.24, 2.45) is 5.92 Å². The zero-order valence-electron chi connectivity index (χ0n) is 15.5. The summed E-state index contributed by atoms with van der Waals surface area (Å²) in [6, 6.07) is 7.15. The van der Waals surface area contributed by atoms with Crippen LogP contribution >= 0.6 is 0 Å². The van der Waals surface area contributed by atoms with Gasteiger partial charge in [-0.15, -0.1) is 0 Å². The molecule has 1 aliphatic rings. The fraction of sp³-hybridized carbons (Fsp3) is 0.474. The van der Waals surface area contributed by atoms with Crippen molar-refractivity contribution in [1.82, 2.24) is 14.7 Å². The third-order valence-corrected chi connectivity index (χ3v) is 4.96. The number of methoxy groups -OCH3 is 2. The van der Waals surface area contributed by atoms with Crippen molar-refractivity contribution >= 4 is 22.8 Å². The van der Waals surface area contributed by atoms with Crippen LogP contribution in [0.4, 0.5) is 4.79 Å². The molecule has 0 spiro atoms. The van der Waals surface area contributed by atoms with E-state index in [2.05, 4.69) is 5.10 Å². The average molecular weight is 373 g/mol. The van der Waals surface area contributed by atoms with Gasteiger partial charge in [0.15, 0.2) is 0 Å². The molecule has 27 heavy (non-hydrogen) atoms. The highest BCUT2D eigenvalue weighted by molar-refractivity contribution is 5.86. The van der Waals surface area contributed by atoms with Crippen LogP contribution in [-0.4, -0.2) is 54.1 Å². The standard InChI is InChI=1S/C19H23N3O5/c1-26-17(23)11-16-14-5-3-4-6-15(14)18(24)22(20-16)12-13-7-9-21(10-8-13)19(25)27-2/h3-6,13H,7-12H2,1-2H3. The van der Waals surface area contributed by atoms with Crippen molar-refractivity contribution in [1.29, 1.82) is 0 Å². The summed E-state index contributed by atoms with van der Waals surface area (Å²) in [6.45, 7) is 1.64. The SMILES string of the molecule is COC(=O)Cc1nn(CC2CCN(C(=O)OC)CC2)c(=O)c2ccccc12. The smallest absolute Gasteiger partial charge is 0.409 e. The van der Waals surface area contributed by atoms with E-state index < -0.39 is 5.97 Å². The molecule has 3 rings (SSSR count). The lowest BCUT2D eigenvalue weighted by molar-refractivity contribution is -0.139. The summed E-state index contributed by atoms with van der Waals surface area (Å²) >= 11 is 0. The number of fused-ring (bicyclic) bond motifs is 1. The van der Waals surface area contributed by atoms with E-state index in [1.807, 2.05) is 6.07 Å². The topological polar surface area (TPSA) is 90.7 Å². The summed E-state index contributed by atoms with van der Waals surface area (Å²) in [7, 11) is 2.70. The third-order valence-electron chi connectivity index (χ3n) is 4.96. The average Bonchev–Trinajstić information content (AvgIpc) is 2.71. The van der Waals surface area contributed by atoms with Crippen molar-refractivity contribution in [2.45, 2.75) is 25.8 Å². The predicted octanol–water partition coefficient (Wildman–Crippen LogP) is 1.59. The van der Waals surface area contributed by atoms with E-state index in [1.165, 1.54) is 18.9 Å². The minimum atomic E-state index is -0.399. The number of likely N-dealkylation sites (tertiary alicyclic amines) is 1. The zero-order chi connectivity index (χ0) is 19.4. The van der Waals surface area contributed by atoms with Crippen molar-refractivity contribution in [3.63, 3.8) is 0 Å².